The average molecular weight is 210 g/mol. The first-order chi connectivity index (χ1) is 7.09. The van der Waals surface area contributed by atoms with E-state index in [1.807, 2.05) is 11.9 Å². The van der Waals surface area contributed by atoms with Crippen molar-refractivity contribution in [1.29, 1.82) is 0 Å². The Morgan fingerprint density at radius 1 is 1.47 bits per heavy atom. The third-order valence-corrected chi connectivity index (χ3v) is 4.27. The minimum absolute atomic E-state index is 0.205. The summed E-state index contributed by atoms with van der Waals surface area (Å²) in [5.41, 5.74) is 5.58. The van der Waals surface area contributed by atoms with E-state index in [1.54, 1.807) is 0 Å². The number of carbonyl (C=O) groups is 1. The van der Waals surface area contributed by atoms with Crippen molar-refractivity contribution in [3.63, 3.8) is 0 Å². The van der Waals surface area contributed by atoms with Gasteiger partial charge in [-0.1, -0.05) is 6.92 Å². The maximum Gasteiger partial charge on any atom is 0.230 e. The van der Waals surface area contributed by atoms with Gasteiger partial charge in [-0.25, -0.2) is 0 Å². The number of nitrogens with zero attached hydrogens (tertiary/aromatic N) is 1. The van der Waals surface area contributed by atoms with E-state index in [4.69, 9.17) is 5.73 Å². The van der Waals surface area contributed by atoms with Crippen LogP contribution in [-0.2, 0) is 4.79 Å². The van der Waals surface area contributed by atoms with Crippen LogP contribution in [0.4, 0.5) is 0 Å². The summed E-state index contributed by atoms with van der Waals surface area (Å²) in [4.78, 5) is 14.3. The predicted octanol–water partition coefficient (Wildman–Crippen LogP) is 1.37. The highest BCUT2D eigenvalue weighted by molar-refractivity contribution is 5.84. The van der Waals surface area contributed by atoms with Crippen molar-refractivity contribution in [2.24, 2.45) is 17.1 Å². The van der Waals surface area contributed by atoms with E-state index in [-0.39, 0.29) is 5.41 Å². The van der Waals surface area contributed by atoms with Crippen molar-refractivity contribution < 1.29 is 4.79 Å². The molecule has 15 heavy (non-hydrogen) atoms. The van der Waals surface area contributed by atoms with E-state index in [2.05, 4.69) is 6.92 Å². The summed E-state index contributed by atoms with van der Waals surface area (Å²) in [7, 11) is 1.95. The fraction of sp³-hybridized carbons (Fsp3) is 0.917. The van der Waals surface area contributed by atoms with Crippen LogP contribution in [0.5, 0.6) is 0 Å². The number of hydrogen-bond acceptors (Lipinski definition) is 2. The van der Waals surface area contributed by atoms with Crippen LogP contribution < -0.4 is 5.73 Å². The summed E-state index contributed by atoms with van der Waals surface area (Å²) in [6.45, 7) is 2.72. The third kappa shape index (κ3) is 1.67. The Hall–Kier alpha value is -0.570. The average Bonchev–Trinajstić information content (AvgIpc) is 2.08. The lowest BCUT2D eigenvalue weighted by Gasteiger charge is -2.48. The zero-order chi connectivity index (χ0) is 11.1. The molecule has 2 aliphatic rings. The number of rotatable bonds is 3. The minimum Gasteiger partial charge on any atom is -0.342 e. The van der Waals surface area contributed by atoms with Gasteiger partial charge in [0.25, 0.3) is 0 Å². The number of amides is 1. The van der Waals surface area contributed by atoms with Crippen LogP contribution in [-0.4, -0.2) is 30.4 Å². The molecule has 2 rings (SSSR count). The second-order valence-electron chi connectivity index (χ2n) is 5.50. The summed E-state index contributed by atoms with van der Waals surface area (Å²) < 4.78 is 0. The molecule has 0 aliphatic heterocycles. The van der Waals surface area contributed by atoms with Crippen molar-refractivity contribution >= 4 is 5.91 Å². The van der Waals surface area contributed by atoms with E-state index in [1.165, 1.54) is 19.3 Å². The van der Waals surface area contributed by atoms with E-state index in [0.29, 0.717) is 24.4 Å². The van der Waals surface area contributed by atoms with Crippen LogP contribution in [0, 0.1) is 11.3 Å². The maximum absolute atomic E-state index is 12.3. The standard InChI is InChI=1S/C12H22N2O/c1-9-6-12(7-9,8-13)11(15)14(2)10-4-3-5-10/h9-10H,3-8,13H2,1-2H3. The maximum atomic E-state index is 12.3. The molecule has 0 bridgehead atoms. The molecule has 0 unspecified atom stereocenters. The highest BCUT2D eigenvalue weighted by atomic mass is 16.2. The van der Waals surface area contributed by atoms with Gasteiger partial charge in [-0.15, -0.1) is 0 Å². The predicted molar refractivity (Wildman–Crippen MR) is 60.3 cm³/mol. The van der Waals surface area contributed by atoms with Crippen LogP contribution in [0.25, 0.3) is 0 Å². The molecule has 0 saturated heterocycles. The molecule has 3 heteroatoms. The van der Waals surface area contributed by atoms with Crippen molar-refractivity contribution in [1.82, 2.24) is 4.90 Å². The SMILES string of the molecule is CC1CC(CN)(C(=O)N(C)C2CCC2)C1. The van der Waals surface area contributed by atoms with Gasteiger partial charge in [0, 0.05) is 19.6 Å². The van der Waals surface area contributed by atoms with Crippen LogP contribution in [0.1, 0.15) is 39.0 Å². The zero-order valence-corrected chi connectivity index (χ0v) is 9.83. The molecule has 0 aromatic rings. The van der Waals surface area contributed by atoms with Gasteiger partial charge in [-0.3, -0.25) is 4.79 Å². The van der Waals surface area contributed by atoms with E-state index in [9.17, 15) is 4.79 Å². The second-order valence-corrected chi connectivity index (χ2v) is 5.50. The molecule has 2 fully saturated rings. The number of hydrogen-bond donors (Lipinski definition) is 1. The molecule has 0 aromatic heterocycles. The molecule has 86 valence electrons. The Morgan fingerprint density at radius 3 is 2.40 bits per heavy atom. The lowest BCUT2D eigenvalue weighted by atomic mass is 9.61. The molecule has 2 N–H and O–H groups in total. The van der Waals surface area contributed by atoms with Crippen molar-refractivity contribution in [3.05, 3.63) is 0 Å². The zero-order valence-electron chi connectivity index (χ0n) is 9.83. The third-order valence-electron chi connectivity index (χ3n) is 4.27. The minimum atomic E-state index is -0.205. The van der Waals surface area contributed by atoms with Crippen LogP contribution in [0.3, 0.4) is 0 Å². The Bertz CT molecular complexity index is 254. The smallest absolute Gasteiger partial charge is 0.230 e. The lowest BCUT2D eigenvalue weighted by Crippen LogP contribution is -2.56. The Kier molecular flexibility index (Phi) is 2.75. The van der Waals surface area contributed by atoms with Gasteiger partial charge < -0.3 is 10.6 Å². The highest BCUT2D eigenvalue weighted by Gasteiger charge is 2.49. The number of carbonyl (C=O) groups excluding carboxylic acids is 1. The van der Waals surface area contributed by atoms with Gasteiger partial charge >= 0.3 is 0 Å². The molecule has 3 nitrogen and oxygen atoms in total. The Labute approximate surface area is 92.0 Å². The molecule has 2 saturated carbocycles. The molecular weight excluding hydrogens is 188 g/mol. The van der Waals surface area contributed by atoms with Crippen molar-refractivity contribution in [2.75, 3.05) is 13.6 Å². The monoisotopic (exact) mass is 210 g/mol. The fourth-order valence-electron chi connectivity index (χ4n) is 3.02. The number of nitrogens with two attached hydrogens (primary N) is 1. The summed E-state index contributed by atoms with van der Waals surface area (Å²) in [5.74, 6) is 0.972. The van der Waals surface area contributed by atoms with E-state index < -0.39 is 0 Å². The van der Waals surface area contributed by atoms with Crippen molar-refractivity contribution in [2.45, 2.75) is 45.1 Å². The Morgan fingerprint density at radius 2 is 2.07 bits per heavy atom. The van der Waals surface area contributed by atoms with E-state index >= 15 is 0 Å². The highest BCUT2D eigenvalue weighted by Crippen LogP contribution is 2.46. The van der Waals surface area contributed by atoms with Crippen LogP contribution >= 0.6 is 0 Å². The summed E-state index contributed by atoms with van der Waals surface area (Å²) >= 11 is 0. The first-order valence-corrected chi connectivity index (χ1v) is 6.06. The first-order valence-electron chi connectivity index (χ1n) is 6.06. The van der Waals surface area contributed by atoms with Gasteiger partial charge in [-0.05, 0) is 38.0 Å². The molecule has 0 aromatic carbocycles. The largest absolute Gasteiger partial charge is 0.342 e. The van der Waals surface area contributed by atoms with Gasteiger partial charge in [0.1, 0.15) is 0 Å². The van der Waals surface area contributed by atoms with Gasteiger partial charge in [-0.2, -0.15) is 0 Å². The topological polar surface area (TPSA) is 46.3 Å². The normalized spacial score (nSPS) is 35.5. The molecule has 2 aliphatic carbocycles. The summed E-state index contributed by atoms with van der Waals surface area (Å²) in [6.07, 6.45) is 5.60. The molecule has 0 atom stereocenters. The van der Waals surface area contributed by atoms with Crippen molar-refractivity contribution in [3.8, 4) is 0 Å². The second kappa shape index (κ2) is 3.78. The van der Waals surface area contributed by atoms with Crippen LogP contribution in [0.2, 0.25) is 0 Å². The van der Waals surface area contributed by atoms with Gasteiger partial charge in [0.15, 0.2) is 0 Å². The lowest BCUT2D eigenvalue weighted by molar-refractivity contribution is -0.152. The Balaban J connectivity index is 1.99. The summed E-state index contributed by atoms with van der Waals surface area (Å²) in [5, 5.41) is 0. The molecule has 0 radical (unpaired) electrons. The molecule has 0 heterocycles. The summed E-state index contributed by atoms with van der Waals surface area (Å²) in [6, 6.07) is 0.497. The quantitative estimate of drug-likeness (QED) is 0.764. The van der Waals surface area contributed by atoms with E-state index in [0.717, 1.165) is 12.8 Å². The van der Waals surface area contributed by atoms with Gasteiger partial charge in [0.2, 0.25) is 5.91 Å². The molecule has 0 spiro atoms. The first kappa shape index (κ1) is 10.9. The fourth-order valence-corrected chi connectivity index (χ4v) is 3.02. The van der Waals surface area contributed by atoms with Crippen LogP contribution in [0.15, 0.2) is 0 Å². The molecule has 1 amide bonds. The van der Waals surface area contributed by atoms with Gasteiger partial charge in [0.05, 0.1) is 5.41 Å². The molecular formula is C12H22N2O.